The Morgan fingerprint density at radius 2 is 1.76 bits per heavy atom. The molecule has 1 atom stereocenters. The number of nitrogens with zero attached hydrogens (tertiary/aromatic N) is 2. The standard InChI is InChI=1S/C15H26N2/c1-13-14(11-16(2)3)7-8-15(13)12-17-9-5-4-6-10-17/h7-8,13H,4-6,9-12H2,1-3H3. The lowest BCUT2D eigenvalue weighted by atomic mass is 9.96. The molecule has 0 aromatic rings. The number of allylic oxidation sites excluding steroid dienone is 2. The number of likely N-dealkylation sites (tertiary alicyclic amines) is 1. The summed E-state index contributed by atoms with van der Waals surface area (Å²) in [5, 5.41) is 0. The lowest BCUT2D eigenvalue weighted by Gasteiger charge is -2.28. The molecule has 0 amide bonds. The molecule has 17 heavy (non-hydrogen) atoms. The zero-order chi connectivity index (χ0) is 12.3. The summed E-state index contributed by atoms with van der Waals surface area (Å²) in [5.41, 5.74) is 3.19. The predicted octanol–water partition coefficient (Wildman–Crippen LogP) is 2.54. The van der Waals surface area contributed by atoms with Crippen LogP contribution >= 0.6 is 0 Å². The molecule has 2 nitrogen and oxygen atoms in total. The highest BCUT2D eigenvalue weighted by molar-refractivity contribution is 5.35. The van der Waals surface area contributed by atoms with E-state index in [1.165, 1.54) is 38.9 Å². The van der Waals surface area contributed by atoms with Crippen molar-refractivity contribution in [3.05, 3.63) is 23.3 Å². The first-order valence-electron chi connectivity index (χ1n) is 6.93. The van der Waals surface area contributed by atoms with Gasteiger partial charge < -0.3 is 4.90 Å². The second-order valence-corrected chi connectivity index (χ2v) is 5.78. The monoisotopic (exact) mass is 234 g/mol. The van der Waals surface area contributed by atoms with Gasteiger partial charge in [0.25, 0.3) is 0 Å². The van der Waals surface area contributed by atoms with Crippen molar-refractivity contribution in [3.8, 4) is 0 Å². The fourth-order valence-electron chi connectivity index (χ4n) is 2.86. The number of hydrogen-bond donors (Lipinski definition) is 0. The van der Waals surface area contributed by atoms with Gasteiger partial charge in [0.05, 0.1) is 0 Å². The van der Waals surface area contributed by atoms with E-state index in [1.807, 2.05) is 0 Å². The molecule has 0 saturated carbocycles. The van der Waals surface area contributed by atoms with Gasteiger partial charge >= 0.3 is 0 Å². The molecule has 1 aliphatic heterocycles. The van der Waals surface area contributed by atoms with Crippen LogP contribution < -0.4 is 0 Å². The summed E-state index contributed by atoms with van der Waals surface area (Å²) >= 11 is 0. The zero-order valence-corrected chi connectivity index (χ0v) is 11.6. The highest BCUT2D eigenvalue weighted by Gasteiger charge is 2.21. The summed E-state index contributed by atoms with van der Waals surface area (Å²) in [4.78, 5) is 4.89. The Bertz CT molecular complexity index is 309. The molecule has 0 aromatic heterocycles. The lowest BCUT2D eigenvalue weighted by Crippen LogP contribution is -2.32. The lowest BCUT2D eigenvalue weighted by molar-refractivity contribution is 0.242. The third-order valence-electron chi connectivity index (χ3n) is 3.98. The quantitative estimate of drug-likeness (QED) is 0.737. The third-order valence-corrected chi connectivity index (χ3v) is 3.98. The summed E-state index contributed by atoms with van der Waals surface area (Å²) in [6.07, 6.45) is 8.90. The van der Waals surface area contributed by atoms with Crippen LogP contribution in [0.25, 0.3) is 0 Å². The Morgan fingerprint density at radius 3 is 2.41 bits per heavy atom. The topological polar surface area (TPSA) is 6.48 Å². The number of hydrogen-bond acceptors (Lipinski definition) is 2. The van der Waals surface area contributed by atoms with Crippen molar-refractivity contribution >= 4 is 0 Å². The van der Waals surface area contributed by atoms with E-state index in [0.717, 1.165) is 6.54 Å². The first kappa shape index (κ1) is 12.8. The molecule has 1 aliphatic carbocycles. The highest BCUT2D eigenvalue weighted by Crippen LogP contribution is 2.28. The van der Waals surface area contributed by atoms with Crippen molar-refractivity contribution in [1.29, 1.82) is 0 Å². The van der Waals surface area contributed by atoms with Crippen molar-refractivity contribution in [1.82, 2.24) is 9.80 Å². The van der Waals surface area contributed by atoms with Crippen LogP contribution in [0.15, 0.2) is 23.3 Å². The SMILES string of the molecule is CC1C(CN(C)C)=CC=C1CN1CCCCC1. The molecule has 0 bridgehead atoms. The molecule has 0 N–H and O–H groups in total. The number of piperidine rings is 1. The number of likely N-dealkylation sites (N-methyl/N-ethyl adjacent to an activating group) is 1. The smallest absolute Gasteiger partial charge is 0.0201 e. The molecule has 0 radical (unpaired) electrons. The molecule has 2 aliphatic rings. The van der Waals surface area contributed by atoms with Crippen LogP contribution in [0.2, 0.25) is 0 Å². The first-order valence-corrected chi connectivity index (χ1v) is 6.93. The molecule has 1 fully saturated rings. The van der Waals surface area contributed by atoms with Gasteiger partial charge in [0.2, 0.25) is 0 Å². The molecular weight excluding hydrogens is 208 g/mol. The molecular formula is C15H26N2. The van der Waals surface area contributed by atoms with Crippen LogP contribution in [-0.2, 0) is 0 Å². The summed E-state index contributed by atoms with van der Waals surface area (Å²) in [6, 6.07) is 0. The molecule has 1 saturated heterocycles. The van der Waals surface area contributed by atoms with Crippen molar-refractivity contribution < 1.29 is 0 Å². The van der Waals surface area contributed by atoms with Gasteiger partial charge in [-0.15, -0.1) is 0 Å². The van der Waals surface area contributed by atoms with Gasteiger partial charge in [0.15, 0.2) is 0 Å². The summed E-state index contributed by atoms with van der Waals surface area (Å²) in [7, 11) is 4.30. The second kappa shape index (κ2) is 5.83. The third kappa shape index (κ3) is 3.43. The van der Waals surface area contributed by atoms with Crippen LogP contribution in [0.3, 0.4) is 0 Å². The fourth-order valence-corrected chi connectivity index (χ4v) is 2.86. The van der Waals surface area contributed by atoms with E-state index in [9.17, 15) is 0 Å². The molecule has 96 valence electrons. The van der Waals surface area contributed by atoms with Crippen LogP contribution in [-0.4, -0.2) is 50.1 Å². The number of rotatable bonds is 4. The largest absolute Gasteiger partial charge is 0.305 e. The second-order valence-electron chi connectivity index (χ2n) is 5.78. The van der Waals surface area contributed by atoms with E-state index in [1.54, 1.807) is 11.1 Å². The van der Waals surface area contributed by atoms with Crippen molar-refractivity contribution in [2.24, 2.45) is 5.92 Å². The minimum absolute atomic E-state index is 0.652. The van der Waals surface area contributed by atoms with E-state index >= 15 is 0 Å². The first-order chi connectivity index (χ1) is 8.16. The van der Waals surface area contributed by atoms with Gasteiger partial charge in [-0.1, -0.05) is 25.5 Å². The highest BCUT2D eigenvalue weighted by atomic mass is 15.1. The molecule has 1 heterocycles. The molecule has 1 unspecified atom stereocenters. The van der Waals surface area contributed by atoms with Gasteiger partial charge in [-0.3, -0.25) is 4.90 Å². The van der Waals surface area contributed by atoms with Crippen LogP contribution in [0, 0.1) is 5.92 Å². The van der Waals surface area contributed by atoms with E-state index in [-0.39, 0.29) is 0 Å². The Kier molecular flexibility index (Phi) is 4.41. The Morgan fingerprint density at radius 1 is 1.12 bits per heavy atom. The van der Waals surface area contributed by atoms with Gasteiger partial charge in [-0.05, 0) is 51.2 Å². The maximum atomic E-state index is 2.62. The maximum Gasteiger partial charge on any atom is 0.0201 e. The molecule has 2 rings (SSSR count). The Hall–Kier alpha value is -0.600. The summed E-state index contributed by atoms with van der Waals surface area (Å²) in [5.74, 6) is 0.652. The Labute approximate surface area is 106 Å². The van der Waals surface area contributed by atoms with Gasteiger partial charge in [-0.2, -0.15) is 0 Å². The fraction of sp³-hybridized carbons (Fsp3) is 0.733. The predicted molar refractivity (Wildman–Crippen MR) is 74.2 cm³/mol. The molecule has 0 aromatic carbocycles. The van der Waals surface area contributed by atoms with Crippen molar-refractivity contribution in [2.75, 3.05) is 40.3 Å². The van der Waals surface area contributed by atoms with Gasteiger partial charge in [0, 0.05) is 19.0 Å². The van der Waals surface area contributed by atoms with E-state index in [0.29, 0.717) is 5.92 Å². The zero-order valence-electron chi connectivity index (χ0n) is 11.6. The normalized spacial score (nSPS) is 26.2. The maximum absolute atomic E-state index is 2.62. The van der Waals surface area contributed by atoms with E-state index in [2.05, 4.69) is 43.0 Å². The molecule has 2 heteroatoms. The molecule has 0 spiro atoms. The van der Waals surface area contributed by atoms with Crippen LogP contribution in [0.1, 0.15) is 26.2 Å². The average Bonchev–Trinajstić information content (AvgIpc) is 2.62. The van der Waals surface area contributed by atoms with Crippen molar-refractivity contribution in [3.63, 3.8) is 0 Å². The minimum atomic E-state index is 0.652. The van der Waals surface area contributed by atoms with Gasteiger partial charge in [0.1, 0.15) is 0 Å². The average molecular weight is 234 g/mol. The van der Waals surface area contributed by atoms with E-state index in [4.69, 9.17) is 0 Å². The Balaban J connectivity index is 1.84. The van der Waals surface area contributed by atoms with E-state index < -0.39 is 0 Å². The van der Waals surface area contributed by atoms with Gasteiger partial charge in [-0.25, -0.2) is 0 Å². The van der Waals surface area contributed by atoms with Crippen LogP contribution in [0.5, 0.6) is 0 Å². The summed E-state index contributed by atoms with van der Waals surface area (Å²) < 4.78 is 0. The summed E-state index contributed by atoms with van der Waals surface area (Å²) in [6.45, 7) is 7.24. The minimum Gasteiger partial charge on any atom is -0.305 e. The van der Waals surface area contributed by atoms with Crippen molar-refractivity contribution in [2.45, 2.75) is 26.2 Å². The van der Waals surface area contributed by atoms with Crippen LogP contribution in [0.4, 0.5) is 0 Å².